The summed E-state index contributed by atoms with van der Waals surface area (Å²) in [7, 11) is 1.70. The van der Waals surface area contributed by atoms with Gasteiger partial charge in [-0.2, -0.15) is 0 Å². The van der Waals surface area contributed by atoms with Crippen molar-refractivity contribution in [3.05, 3.63) is 24.3 Å². The standard InChI is InChI=1S/C11H16N2O.ClH/c1-14-11-4-2-10(3-5-11)13-8-6-12-7-9-13;/h2-5,12H,6-9H2,1H3;1H. The van der Waals surface area contributed by atoms with Crippen molar-refractivity contribution in [2.24, 2.45) is 0 Å². The first-order valence-electron chi connectivity index (χ1n) is 5.10. The fourth-order valence-corrected chi connectivity index (χ4v) is 1.84. The Hall–Kier alpha value is -0.770. The molecule has 2 rings (SSSR count). The van der Waals surface area contributed by atoms with Gasteiger partial charge in [0, 0.05) is 25.2 Å². The molecule has 0 bridgehead atoms. The molecule has 2 N–H and O–H groups in total. The van der Waals surface area contributed by atoms with Crippen molar-refractivity contribution < 1.29 is 22.0 Å². The number of hydrogen-bond acceptors (Lipinski definition) is 2. The van der Waals surface area contributed by atoms with Crippen LogP contribution in [0.25, 0.3) is 0 Å². The van der Waals surface area contributed by atoms with Crippen LogP contribution >= 0.6 is 0 Å². The molecular weight excluding hydrogens is 212 g/mol. The molecule has 0 unspecified atom stereocenters. The van der Waals surface area contributed by atoms with E-state index in [1.807, 2.05) is 12.1 Å². The van der Waals surface area contributed by atoms with Crippen LogP contribution in [0.2, 0.25) is 0 Å². The molecule has 15 heavy (non-hydrogen) atoms. The maximum absolute atomic E-state index is 5.13. The van der Waals surface area contributed by atoms with Crippen molar-refractivity contribution in [1.29, 1.82) is 0 Å². The highest BCUT2D eigenvalue weighted by atomic mass is 35.5. The Morgan fingerprint density at radius 1 is 1.13 bits per heavy atom. The average Bonchev–Trinajstić information content (AvgIpc) is 2.30. The second kappa shape index (κ2) is 5.95. The van der Waals surface area contributed by atoms with Gasteiger partial charge in [0.2, 0.25) is 0 Å². The molecule has 1 aliphatic rings. The van der Waals surface area contributed by atoms with E-state index >= 15 is 0 Å². The minimum Gasteiger partial charge on any atom is -1.00 e. The van der Waals surface area contributed by atoms with Gasteiger partial charge >= 0.3 is 0 Å². The Morgan fingerprint density at radius 3 is 2.27 bits per heavy atom. The molecule has 1 heterocycles. The molecular formula is C11H17ClN2O. The van der Waals surface area contributed by atoms with E-state index in [1.54, 1.807) is 12.0 Å². The minimum absolute atomic E-state index is 0. The number of quaternary nitrogens is 1. The van der Waals surface area contributed by atoms with Crippen molar-refractivity contribution in [2.45, 2.75) is 0 Å². The van der Waals surface area contributed by atoms with E-state index in [9.17, 15) is 0 Å². The topological polar surface area (TPSA) is 25.7 Å². The average molecular weight is 229 g/mol. The molecule has 0 saturated carbocycles. The van der Waals surface area contributed by atoms with E-state index in [2.05, 4.69) is 17.4 Å². The zero-order chi connectivity index (χ0) is 9.80. The molecule has 0 aromatic heterocycles. The van der Waals surface area contributed by atoms with Gasteiger partial charge in [-0.25, -0.2) is 0 Å². The van der Waals surface area contributed by atoms with Gasteiger partial charge in [-0.05, 0) is 12.1 Å². The van der Waals surface area contributed by atoms with Crippen LogP contribution in [0.15, 0.2) is 24.3 Å². The Kier molecular flexibility index (Phi) is 4.88. The predicted octanol–water partition coefficient (Wildman–Crippen LogP) is -3.18. The first kappa shape index (κ1) is 12.3. The van der Waals surface area contributed by atoms with E-state index in [0.717, 1.165) is 18.8 Å². The number of halogens is 1. The van der Waals surface area contributed by atoms with Crippen LogP contribution in [-0.4, -0.2) is 33.3 Å². The molecule has 0 spiro atoms. The number of rotatable bonds is 2. The highest BCUT2D eigenvalue weighted by Gasteiger charge is 2.14. The molecule has 3 nitrogen and oxygen atoms in total. The molecule has 0 radical (unpaired) electrons. The molecule has 1 aromatic carbocycles. The summed E-state index contributed by atoms with van der Waals surface area (Å²) < 4.78 is 5.13. The van der Waals surface area contributed by atoms with E-state index in [4.69, 9.17) is 4.74 Å². The fourth-order valence-electron chi connectivity index (χ4n) is 1.84. The second-order valence-corrected chi connectivity index (χ2v) is 3.58. The van der Waals surface area contributed by atoms with Gasteiger partial charge in [-0.3, -0.25) is 0 Å². The number of piperazine rings is 1. The molecule has 1 saturated heterocycles. The predicted molar refractivity (Wildman–Crippen MR) is 56.2 cm³/mol. The lowest BCUT2D eigenvalue weighted by Crippen LogP contribution is -3.10. The third-order valence-electron chi connectivity index (χ3n) is 2.71. The Morgan fingerprint density at radius 2 is 1.73 bits per heavy atom. The largest absolute Gasteiger partial charge is 1.00 e. The Balaban J connectivity index is 0.00000112. The number of nitrogens with one attached hydrogen (secondary N) is 2. The van der Waals surface area contributed by atoms with E-state index < -0.39 is 0 Å². The van der Waals surface area contributed by atoms with Crippen molar-refractivity contribution in [3.8, 4) is 5.75 Å². The van der Waals surface area contributed by atoms with E-state index in [-0.39, 0.29) is 12.4 Å². The maximum atomic E-state index is 5.13. The molecule has 0 atom stereocenters. The first-order chi connectivity index (χ1) is 6.90. The second-order valence-electron chi connectivity index (χ2n) is 3.58. The van der Waals surface area contributed by atoms with Crippen LogP contribution in [0.4, 0.5) is 5.69 Å². The van der Waals surface area contributed by atoms with Crippen LogP contribution in [0.5, 0.6) is 5.75 Å². The lowest BCUT2D eigenvalue weighted by molar-refractivity contribution is -0.834. The number of ether oxygens (including phenoxy) is 1. The summed E-state index contributed by atoms with van der Waals surface area (Å²) >= 11 is 0. The highest BCUT2D eigenvalue weighted by molar-refractivity contribution is 5.35. The van der Waals surface area contributed by atoms with Crippen molar-refractivity contribution in [1.82, 2.24) is 5.32 Å². The zero-order valence-corrected chi connectivity index (χ0v) is 9.68. The monoisotopic (exact) mass is 228 g/mol. The first-order valence-corrected chi connectivity index (χ1v) is 5.10. The van der Waals surface area contributed by atoms with Crippen molar-refractivity contribution >= 4 is 5.69 Å². The molecule has 1 aromatic rings. The third-order valence-corrected chi connectivity index (χ3v) is 2.71. The van der Waals surface area contributed by atoms with Crippen LogP contribution in [0, 0.1) is 0 Å². The van der Waals surface area contributed by atoms with E-state index in [1.165, 1.54) is 18.8 Å². The van der Waals surface area contributed by atoms with Crippen molar-refractivity contribution in [3.63, 3.8) is 0 Å². The van der Waals surface area contributed by atoms with Crippen LogP contribution < -0.4 is 27.4 Å². The van der Waals surface area contributed by atoms with Crippen LogP contribution in [0.1, 0.15) is 0 Å². The van der Waals surface area contributed by atoms with Gasteiger partial charge < -0.3 is 27.4 Å². The molecule has 0 aliphatic carbocycles. The highest BCUT2D eigenvalue weighted by Crippen LogP contribution is 2.11. The van der Waals surface area contributed by atoms with Gasteiger partial charge in [-0.1, -0.05) is 0 Å². The van der Waals surface area contributed by atoms with Gasteiger partial charge in [-0.15, -0.1) is 0 Å². The van der Waals surface area contributed by atoms with Crippen LogP contribution in [-0.2, 0) is 0 Å². The zero-order valence-electron chi connectivity index (χ0n) is 8.92. The molecule has 0 amide bonds. The summed E-state index contributed by atoms with van der Waals surface area (Å²) in [4.78, 5) is 1.56. The maximum Gasteiger partial charge on any atom is 0.131 e. The van der Waals surface area contributed by atoms with Crippen LogP contribution in [0.3, 0.4) is 0 Å². The quantitative estimate of drug-likeness (QED) is 0.558. The molecule has 1 aliphatic heterocycles. The normalized spacial score (nSPS) is 16.9. The summed E-state index contributed by atoms with van der Waals surface area (Å²) in [5.41, 5.74) is 1.37. The summed E-state index contributed by atoms with van der Waals surface area (Å²) in [6, 6.07) is 8.37. The molecule has 1 fully saturated rings. The van der Waals surface area contributed by atoms with Gasteiger partial charge in [0.1, 0.15) is 11.4 Å². The summed E-state index contributed by atoms with van der Waals surface area (Å²) in [5.74, 6) is 0.934. The molecule has 84 valence electrons. The van der Waals surface area contributed by atoms with Gasteiger partial charge in [0.25, 0.3) is 0 Å². The summed E-state index contributed by atoms with van der Waals surface area (Å²) in [6.45, 7) is 4.57. The molecule has 4 heteroatoms. The fraction of sp³-hybridized carbons (Fsp3) is 0.455. The Labute approximate surface area is 96.8 Å². The third kappa shape index (κ3) is 3.09. The van der Waals surface area contributed by atoms with Gasteiger partial charge in [0.15, 0.2) is 0 Å². The lowest BCUT2D eigenvalue weighted by Gasteiger charge is -2.23. The summed E-state index contributed by atoms with van der Waals surface area (Å²) in [5, 5.41) is 3.36. The summed E-state index contributed by atoms with van der Waals surface area (Å²) in [6.07, 6.45) is 0. The minimum atomic E-state index is 0. The number of benzene rings is 1. The Bertz CT molecular complexity index is 283. The number of hydrogen-bond donors (Lipinski definition) is 2. The van der Waals surface area contributed by atoms with Gasteiger partial charge in [0.05, 0.1) is 20.2 Å². The number of methoxy groups -OCH3 is 1. The van der Waals surface area contributed by atoms with E-state index in [0.29, 0.717) is 0 Å². The SMILES string of the molecule is COc1ccc([NH+]2CCNCC2)cc1.[Cl-]. The lowest BCUT2D eigenvalue weighted by atomic mass is 10.2. The van der Waals surface area contributed by atoms with Crippen molar-refractivity contribution in [2.75, 3.05) is 33.3 Å². The smallest absolute Gasteiger partial charge is 0.131 e.